The zero-order chi connectivity index (χ0) is 14.1. The number of aromatic nitrogens is 2. The summed E-state index contributed by atoms with van der Waals surface area (Å²) in [5.74, 6) is 1.73. The van der Waals surface area contributed by atoms with E-state index in [1.54, 1.807) is 11.3 Å². The molecule has 2 heterocycles. The maximum Gasteiger partial charge on any atom is 0.172 e. The summed E-state index contributed by atoms with van der Waals surface area (Å²) in [6.07, 6.45) is 0. The average Bonchev–Trinajstić information content (AvgIpc) is 2.85. The van der Waals surface area contributed by atoms with Crippen molar-refractivity contribution in [3.05, 3.63) is 40.8 Å². The van der Waals surface area contributed by atoms with Crippen LogP contribution in [0.1, 0.15) is 17.4 Å². The molecule has 3 aromatic rings. The van der Waals surface area contributed by atoms with E-state index in [1.165, 1.54) is 10.4 Å². The van der Waals surface area contributed by atoms with E-state index in [-0.39, 0.29) is 0 Å². The van der Waals surface area contributed by atoms with Crippen molar-refractivity contribution in [3.63, 3.8) is 0 Å². The number of nitrogens with zero attached hydrogens (tertiary/aromatic N) is 2. The van der Waals surface area contributed by atoms with E-state index >= 15 is 0 Å². The summed E-state index contributed by atoms with van der Waals surface area (Å²) in [5.41, 5.74) is 2.20. The molecule has 1 aromatic carbocycles. The molecule has 0 radical (unpaired) electrons. The van der Waals surface area contributed by atoms with Crippen molar-refractivity contribution in [3.8, 4) is 10.7 Å². The lowest BCUT2D eigenvalue weighted by atomic mass is 10.1. The largest absolute Gasteiger partial charge is 0.370 e. The lowest BCUT2D eigenvalue weighted by Crippen LogP contribution is -2.03. The smallest absolute Gasteiger partial charge is 0.172 e. The molecular weight excluding hydrogens is 266 g/mol. The van der Waals surface area contributed by atoms with E-state index in [2.05, 4.69) is 50.4 Å². The predicted molar refractivity (Wildman–Crippen MR) is 86.5 cm³/mol. The molecule has 1 N–H and O–H groups in total. The minimum absolute atomic E-state index is 0.803. The Morgan fingerprint density at radius 2 is 1.95 bits per heavy atom. The zero-order valence-corrected chi connectivity index (χ0v) is 12.7. The molecule has 3 rings (SSSR count). The summed E-state index contributed by atoms with van der Waals surface area (Å²) in [7, 11) is 0. The quantitative estimate of drug-likeness (QED) is 0.774. The van der Waals surface area contributed by atoms with E-state index in [0.29, 0.717) is 0 Å². The van der Waals surface area contributed by atoms with Gasteiger partial charge in [0.1, 0.15) is 5.82 Å². The lowest BCUT2D eigenvalue weighted by Gasteiger charge is -2.10. The third-order valence-electron chi connectivity index (χ3n) is 3.24. The van der Waals surface area contributed by atoms with Crippen LogP contribution in [0, 0.1) is 13.8 Å². The highest BCUT2D eigenvalue weighted by Gasteiger charge is 2.11. The molecule has 0 saturated heterocycles. The second-order valence-corrected chi connectivity index (χ2v) is 6.09. The maximum atomic E-state index is 4.72. The van der Waals surface area contributed by atoms with E-state index < -0.39 is 0 Å². The molecular formula is C16H17N3S. The first-order valence-corrected chi connectivity index (χ1v) is 7.58. The molecule has 0 unspecified atom stereocenters. The molecule has 0 aliphatic carbocycles. The van der Waals surface area contributed by atoms with Gasteiger partial charge in [0.2, 0.25) is 0 Å². The number of anilines is 1. The monoisotopic (exact) mass is 283 g/mol. The van der Waals surface area contributed by atoms with Gasteiger partial charge in [-0.05, 0) is 44.5 Å². The first-order valence-electron chi connectivity index (χ1n) is 6.77. The normalized spacial score (nSPS) is 10.9. The van der Waals surface area contributed by atoms with Crippen molar-refractivity contribution in [2.45, 2.75) is 20.8 Å². The Bertz CT molecular complexity index is 762. The number of fused-ring (bicyclic) bond motifs is 1. The van der Waals surface area contributed by atoms with Crippen LogP contribution in [0.5, 0.6) is 0 Å². The lowest BCUT2D eigenvalue weighted by molar-refractivity contribution is 1.15. The second kappa shape index (κ2) is 5.21. The third-order valence-corrected chi connectivity index (χ3v) is 4.23. The predicted octanol–water partition coefficient (Wildman–Crippen LogP) is 4.41. The summed E-state index contributed by atoms with van der Waals surface area (Å²) >= 11 is 1.73. The van der Waals surface area contributed by atoms with Crippen molar-refractivity contribution in [2.24, 2.45) is 0 Å². The molecule has 0 bridgehead atoms. The number of hydrogen-bond donors (Lipinski definition) is 1. The minimum Gasteiger partial charge on any atom is -0.370 e. The Morgan fingerprint density at radius 3 is 2.65 bits per heavy atom. The summed E-state index contributed by atoms with van der Waals surface area (Å²) in [4.78, 5) is 11.8. The zero-order valence-electron chi connectivity index (χ0n) is 11.9. The van der Waals surface area contributed by atoms with E-state index in [4.69, 9.17) is 9.97 Å². The molecule has 0 spiro atoms. The number of rotatable bonds is 3. The average molecular weight is 283 g/mol. The standard InChI is InChI=1S/C16H17N3S/c1-4-17-16-14-10(2)6-5-7-12(14)18-15(19-16)13-9-8-11(3)20-13/h5-9H,4H2,1-3H3,(H,17,18,19). The van der Waals surface area contributed by atoms with Gasteiger partial charge in [0.15, 0.2) is 5.82 Å². The Balaban J connectivity index is 2.25. The molecule has 0 atom stereocenters. The van der Waals surface area contributed by atoms with Crippen molar-refractivity contribution < 1.29 is 0 Å². The second-order valence-electron chi connectivity index (χ2n) is 4.81. The Morgan fingerprint density at radius 1 is 1.10 bits per heavy atom. The highest BCUT2D eigenvalue weighted by molar-refractivity contribution is 7.15. The van der Waals surface area contributed by atoms with E-state index in [0.717, 1.165) is 34.0 Å². The summed E-state index contributed by atoms with van der Waals surface area (Å²) in [5, 5.41) is 4.48. The molecule has 0 saturated carbocycles. The first kappa shape index (κ1) is 13.1. The molecule has 4 heteroatoms. The van der Waals surface area contributed by atoms with Crippen molar-refractivity contribution in [2.75, 3.05) is 11.9 Å². The molecule has 0 fully saturated rings. The van der Waals surface area contributed by atoms with Crippen LogP contribution in [0.2, 0.25) is 0 Å². The Kier molecular flexibility index (Phi) is 3.40. The third kappa shape index (κ3) is 2.27. The van der Waals surface area contributed by atoms with Crippen LogP contribution >= 0.6 is 11.3 Å². The summed E-state index contributed by atoms with van der Waals surface area (Å²) in [6, 6.07) is 10.4. The minimum atomic E-state index is 0.803. The molecule has 20 heavy (non-hydrogen) atoms. The van der Waals surface area contributed by atoms with Gasteiger partial charge in [-0.15, -0.1) is 11.3 Å². The van der Waals surface area contributed by atoms with Gasteiger partial charge in [-0.3, -0.25) is 0 Å². The molecule has 3 nitrogen and oxygen atoms in total. The number of thiophene rings is 1. The Hall–Kier alpha value is -1.94. The van der Waals surface area contributed by atoms with Gasteiger partial charge in [-0.2, -0.15) is 0 Å². The number of hydrogen-bond acceptors (Lipinski definition) is 4. The van der Waals surface area contributed by atoms with Gasteiger partial charge in [-0.1, -0.05) is 12.1 Å². The SMILES string of the molecule is CCNc1nc(-c2ccc(C)s2)nc2cccc(C)c12. The maximum absolute atomic E-state index is 4.72. The fraction of sp³-hybridized carbons (Fsp3) is 0.250. The Labute approximate surface area is 122 Å². The fourth-order valence-corrected chi connectivity index (χ4v) is 3.12. The van der Waals surface area contributed by atoms with Crippen LogP contribution in [0.25, 0.3) is 21.6 Å². The van der Waals surface area contributed by atoms with Gasteiger partial charge in [0.25, 0.3) is 0 Å². The molecule has 102 valence electrons. The van der Waals surface area contributed by atoms with Crippen LogP contribution in [-0.4, -0.2) is 16.5 Å². The highest BCUT2D eigenvalue weighted by Crippen LogP contribution is 2.30. The number of aryl methyl sites for hydroxylation is 2. The first-order chi connectivity index (χ1) is 9.69. The van der Waals surface area contributed by atoms with Gasteiger partial charge in [-0.25, -0.2) is 9.97 Å². The topological polar surface area (TPSA) is 37.8 Å². The summed E-state index contributed by atoms with van der Waals surface area (Å²) in [6.45, 7) is 7.14. The van der Waals surface area contributed by atoms with Crippen LogP contribution in [0.15, 0.2) is 30.3 Å². The van der Waals surface area contributed by atoms with E-state index in [9.17, 15) is 0 Å². The van der Waals surface area contributed by atoms with Crippen LogP contribution < -0.4 is 5.32 Å². The molecule has 0 aliphatic heterocycles. The van der Waals surface area contributed by atoms with Crippen molar-refractivity contribution in [1.29, 1.82) is 0 Å². The highest BCUT2D eigenvalue weighted by atomic mass is 32.1. The van der Waals surface area contributed by atoms with Crippen LogP contribution in [0.4, 0.5) is 5.82 Å². The summed E-state index contributed by atoms with van der Waals surface area (Å²) < 4.78 is 0. The fourth-order valence-electron chi connectivity index (χ4n) is 2.31. The number of benzene rings is 1. The number of nitrogens with one attached hydrogen (secondary N) is 1. The molecule has 0 aliphatic rings. The van der Waals surface area contributed by atoms with Crippen LogP contribution in [-0.2, 0) is 0 Å². The van der Waals surface area contributed by atoms with Gasteiger partial charge in [0, 0.05) is 16.8 Å². The van der Waals surface area contributed by atoms with E-state index in [1.807, 2.05) is 6.07 Å². The van der Waals surface area contributed by atoms with Crippen molar-refractivity contribution >= 4 is 28.1 Å². The van der Waals surface area contributed by atoms with Gasteiger partial charge < -0.3 is 5.32 Å². The van der Waals surface area contributed by atoms with Gasteiger partial charge >= 0.3 is 0 Å². The molecule has 0 amide bonds. The molecule has 2 aromatic heterocycles. The van der Waals surface area contributed by atoms with Crippen molar-refractivity contribution in [1.82, 2.24) is 9.97 Å². The van der Waals surface area contributed by atoms with Gasteiger partial charge in [0.05, 0.1) is 10.4 Å². The van der Waals surface area contributed by atoms with Crippen LogP contribution in [0.3, 0.4) is 0 Å².